The van der Waals surface area contributed by atoms with Crippen LogP contribution in [0.2, 0.25) is 0 Å². The summed E-state index contributed by atoms with van der Waals surface area (Å²) in [6.07, 6.45) is 14.9. The monoisotopic (exact) mass is 406 g/mol. The van der Waals surface area contributed by atoms with Gasteiger partial charge in [0.1, 0.15) is 0 Å². The van der Waals surface area contributed by atoms with Gasteiger partial charge in [0.2, 0.25) is 0 Å². The van der Waals surface area contributed by atoms with Crippen LogP contribution in [0.15, 0.2) is 30.3 Å². The lowest BCUT2D eigenvalue weighted by Crippen LogP contribution is -2.27. The third kappa shape index (κ3) is 14.3. The fraction of sp³-hybridized carbons (Fsp3) is 0.720. The Labute approximate surface area is 177 Å². The van der Waals surface area contributed by atoms with Crippen LogP contribution in [0.1, 0.15) is 102 Å². The van der Waals surface area contributed by atoms with E-state index in [1.54, 1.807) is 0 Å². The Kier molecular flexibility index (Phi) is 15.4. The molecule has 1 aromatic rings. The van der Waals surface area contributed by atoms with Gasteiger partial charge in [0.25, 0.3) is 0 Å². The highest BCUT2D eigenvalue weighted by molar-refractivity contribution is 5.71. The van der Waals surface area contributed by atoms with Crippen LogP contribution in [0.4, 0.5) is 0 Å². The predicted molar refractivity (Wildman–Crippen MR) is 119 cm³/mol. The summed E-state index contributed by atoms with van der Waals surface area (Å²) in [5, 5.41) is 18.7. The van der Waals surface area contributed by atoms with Gasteiger partial charge in [-0.2, -0.15) is 0 Å². The Morgan fingerprint density at radius 3 is 1.90 bits per heavy atom. The molecule has 4 nitrogen and oxygen atoms in total. The summed E-state index contributed by atoms with van der Waals surface area (Å²) >= 11 is 0. The summed E-state index contributed by atoms with van der Waals surface area (Å²) in [6, 6.07) is 9.88. The van der Waals surface area contributed by atoms with Gasteiger partial charge in [-0.25, -0.2) is 4.79 Å². The van der Waals surface area contributed by atoms with Crippen LogP contribution < -0.4 is 0 Å². The molecule has 2 unspecified atom stereocenters. The molecule has 0 aliphatic rings. The number of carboxylic acids is 1. The van der Waals surface area contributed by atoms with E-state index in [1.165, 1.54) is 64.2 Å². The molecule has 0 aromatic heterocycles. The van der Waals surface area contributed by atoms with Crippen molar-refractivity contribution in [3.63, 3.8) is 0 Å². The second-order valence-electron chi connectivity index (χ2n) is 8.19. The lowest BCUT2D eigenvalue weighted by atomic mass is 10.0. The highest BCUT2D eigenvalue weighted by Crippen LogP contribution is 2.17. The summed E-state index contributed by atoms with van der Waals surface area (Å²) in [6.45, 7) is 2.71. The molecular formula is C25H42O4. The van der Waals surface area contributed by atoms with Gasteiger partial charge in [0.15, 0.2) is 6.10 Å². The molecular weight excluding hydrogens is 364 g/mol. The first-order valence-corrected chi connectivity index (χ1v) is 11.7. The number of carboxylic acid groups (broad SMARTS) is 1. The van der Waals surface area contributed by atoms with E-state index in [0.29, 0.717) is 6.61 Å². The number of unbranched alkanes of at least 4 members (excludes halogenated alkanes) is 11. The number of hydrogen-bond acceptors (Lipinski definition) is 3. The smallest absolute Gasteiger partial charge is 0.332 e. The number of ether oxygens (including phenoxy) is 1. The molecule has 0 heterocycles. The molecule has 2 N–H and O–H groups in total. The number of aliphatic hydroxyl groups is 1. The standard InChI is InChI=1S/C25H42O4/c1-2-3-4-5-6-7-8-9-10-11-12-16-19-23(20-24(26)25(27)28)29-21-22-17-14-13-15-18-22/h13-15,17-18,23-24,26H,2-12,16,19-21H2,1H3,(H,27,28). The first-order chi connectivity index (χ1) is 14.1. The van der Waals surface area contributed by atoms with Gasteiger partial charge in [0, 0.05) is 6.42 Å². The number of carbonyl (C=O) groups is 1. The first kappa shape index (κ1) is 25.6. The molecule has 0 radical (unpaired) electrons. The molecule has 0 saturated heterocycles. The van der Waals surface area contributed by atoms with E-state index in [0.717, 1.165) is 24.8 Å². The number of aliphatic hydroxyl groups excluding tert-OH is 1. The van der Waals surface area contributed by atoms with Gasteiger partial charge in [-0.05, 0) is 12.0 Å². The second-order valence-corrected chi connectivity index (χ2v) is 8.19. The maximum absolute atomic E-state index is 11.0. The molecule has 2 atom stereocenters. The normalized spacial score (nSPS) is 13.3. The summed E-state index contributed by atoms with van der Waals surface area (Å²) in [4.78, 5) is 11.0. The van der Waals surface area contributed by atoms with Crippen LogP contribution in [-0.2, 0) is 16.1 Å². The van der Waals surface area contributed by atoms with E-state index in [-0.39, 0.29) is 12.5 Å². The van der Waals surface area contributed by atoms with E-state index >= 15 is 0 Å². The van der Waals surface area contributed by atoms with Crippen molar-refractivity contribution in [3.05, 3.63) is 35.9 Å². The molecule has 166 valence electrons. The molecule has 0 spiro atoms. The number of rotatable bonds is 19. The van der Waals surface area contributed by atoms with Crippen LogP contribution in [0.3, 0.4) is 0 Å². The van der Waals surface area contributed by atoms with Crippen LogP contribution >= 0.6 is 0 Å². The van der Waals surface area contributed by atoms with Crippen molar-refractivity contribution in [2.75, 3.05) is 0 Å². The number of aliphatic carboxylic acids is 1. The highest BCUT2D eigenvalue weighted by atomic mass is 16.5. The average molecular weight is 407 g/mol. The number of benzene rings is 1. The molecule has 29 heavy (non-hydrogen) atoms. The molecule has 0 fully saturated rings. The minimum absolute atomic E-state index is 0.153. The Hall–Kier alpha value is -1.39. The van der Waals surface area contributed by atoms with Crippen LogP contribution in [-0.4, -0.2) is 28.4 Å². The van der Waals surface area contributed by atoms with Crippen molar-refractivity contribution in [2.45, 2.75) is 116 Å². The van der Waals surface area contributed by atoms with Crippen LogP contribution in [0.25, 0.3) is 0 Å². The Balaban J connectivity index is 2.13. The highest BCUT2D eigenvalue weighted by Gasteiger charge is 2.20. The van der Waals surface area contributed by atoms with E-state index in [2.05, 4.69) is 6.92 Å². The van der Waals surface area contributed by atoms with Gasteiger partial charge < -0.3 is 14.9 Å². The predicted octanol–water partition coefficient (Wildman–Crippen LogP) is 6.50. The average Bonchev–Trinajstić information content (AvgIpc) is 2.73. The third-order valence-corrected chi connectivity index (χ3v) is 5.48. The Bertz CT molecular complexity index is 503. The second kappa shape index (κ2) is 17.5. The van der Waals surface area contributed by atoms with Crippen molar-refractivity contribution >= 4 is 5.97 Å². The lowest BCUT2D eigenvalue weighted by Gasteiger charge is -2.19. The number of hydrogen-bond donors (Lipinski definition) is 2. The van der Waals surface area contributed by atoms with Gasteiger partial charge in [-0.1, -0.05) is 114 Å². The molecule has 0 saturated carbocycles. The summed E-state index contributed by atoms with van der Waals surface area (Å²) in [7, 11) is 0. The maximum Gasteiger partial charge on any atom is 0.332 e. The summed E-state index contributed by atoms with van der Waals surface area (Å²) < 4.78 is 5.93. The van der Waals surface area contributed by atoms with Crippen LogP contribution in [0.5, 0.6) is 0 Å². The van der Waals surface area contributed by atoms with Crippen LogP contribution in [0, 0.1) is 0 Å². The fourth-order valence-corrected chi connectivity index (χ4v) is 3.62. The molecule has 0 amide bonds. The Morgan fingerprint density at radius 1 is 0.862 bits per heavy atom. The zero-order valence-corrected chi connectivity index (χ0v) is 18.4. The first-order valence-electron chi connectivity index (χ1n) is 11.7. The topological polar surface area (TPSA) is 66.8 Å². The zero-order valence-electron chi connectivity index (χ0n) is 18.4. The minimum Gasteiger partial charge on any atom is -0.479 e. The molecule has 0 aliphatic heterocycles. The summed E-state index contributed by atoms with van der Waals surface area (Å²) in [5.41, 5.74) is 1.07. The van der Waals surface area contributed by atoms with E-state index < -0.39 is 12.1 Å². The molecule has 0 bridgehead atoms. The largest absolute Gasteiger partial charge is 0.479 e. The van der Waals surface area contributed by atoms with Crippen molar-refractivity contribution in [1.29, 1.82) is 0 Å². The Morgan fingerprint density at radius 2 is 1.38 bits per heavy atom. The molecule has 4 heteroatoms. The van der Waals surface area contributed by atoms with Gasteiger partial charge in [-0.15, -0.1) is 0 Å². The van der Waals surface area contributed by atoms with Gasteiger partial charge in [0.05, 0.1) is 12.7 Å². The molecule has 0 aliphatic carbocycles. The summed E-state index contributed by atoms with van der Waals surface area (Å²) in [5.74, 6) is -1.17. The molecule has 1 rings (SSSR count). The molecule has 1 aromatic carbocycles. The van der Waals surface area contributed by atoms with E-state index in [9.17, 15) is 9.90 Å². The quantitative estimate of drug-likeness (QED) is 0.257. The van der Waals surface area contributed by atoms with E-state index in [1.807, 2.05) is 30.3 Å². The SMILES string of the molecule is CCCCCCCCCCCCCCC(CC(O)C(=O)O)OCc1ccccc1. The zero-order chi connectivity index (χ0) is 21.2. The maximum atomic E-state index is 11.0. The van der Waals surface area contributed by atoms with Gasteiger partial charge in [-0.3, -0.25) is 0 Å². The lowest BCUT2D eigenvalue weighted by molar-refractivity contribution is -0.149. The third-order valence-electron chi connectivity index (χ3n) is 5.48. The minimum atomic E-state index is -1.35. The van der Waals surface area contributed by atoms with Crippen molar-refractivity contribution in [2.24, 2.45) is 0 Å². The fourth-order valence-electron chi connectivity index (χ4n) is 3.62. The van der Waals surface area contributed by atoms with Crippen molar-refractivity contribution in [1.82, 2.24) is 0 Å². The van der Waals surface area contributed by atoms with Crippen molar-refractivity contribution in [3.8, 4) is 0 Å². The van der Waals surface area contributed by atoms with Crippen molar-refractivity contribution < 1.29 is 19.7 Å². The van der Waals surface area contributed by atoms with Gasteiger partial charge >= 0.3 is 5.97 Å². The van der Waals surface area contributed by atoms with E-state index in [4.69, 9.17) is 9.84 Å².